The molecule has 9 heteroatoms. The highest BCUT2D eigenvalue weighted by atomic mass is 16.6. The molecule has 2 aromatic heterocycles. The molecule has 1 amide bonds. The van der Waals surface area contributed by atoms with Gasteiger partial charge in [-0.3, -0.25) is 14.9 Å². The molecule has 0 saturated carbocycles. The van der Waals surface area contributed by atoms with Crippen molar-refractivity contribution in [3.8, 4) is 28.5 Å². The van der Waals surface area contributed by atoms with Crippen LogP contribution >= 0.6 is 0 Å². The van der Waals surface area contributed by atoms with Gasteiger partial charge in [0.15, 0.2) is 5.58 Å². The molecule has 0 aliphatic carbocycles. The first-order valence-corrected chi connectivity index (χ1v) is 11.3. The molecule has 0 radical (unpaired) electrons. The van der Waals surface area contributed by atoms with E-state index in [-0.39, 0.29) is 11.6 Å². The molecule has 1 N–H and O–H groups in total. The van der Waals surface area contributed by atoms with Gasteiger partial charge in [-0.1, -0.05) is 6.07 Å². The molecule has 5 aromatic rings. The van der Waals surface area contributed by atoms with E-state index in [1.165, 1.54) is 18.2 Å². The van der Waals surface area contributed by atoms with Crippen molar-refractivity contribution >= 4 is 34.5 Å². The molecule has 5 rings (SSSR count). The number of benzene rings is 3. The quantitative estimate of drug-likeness (QED) is 0.153. The van der Waals surface area contributed by atoms with Gasteiger partial charge in [0.05, 0.1) is 17.6 Å². The first-order chi connectivity index (χ1) is 17.9. The number of methoxy groups -OCH3 is 1. The lowest BCUT2D eigenvalue weighted by atomic mass is 10.1. The SMILES string of the molecule is COc1ccc(-c2nc3cc(NC(=O)/C=C/c4ccc(-c5ccc(C)cc5[N+](=O)[O-])o4)ccc3o2)cc1. The van der Waals surface area contributed by atoms with Crippen LogP contribution in [-0.4, -0.2) is 22.9 Å². The number of amides is 1. The van der Waals surface area contributed by atoms with E-state index in [9.17, 15) is 14.9 Å². The molecule has 0 aliphatic heterocycles. The Morgan fingerprint density at radius 3 is 2.59 bits per heavy atom. The average Bonchev–Trinajstić information content (AvgIpc) is 3.54. The third-order valence-corrected chi connectivity index (χ3v) is 5.63. The van der Waals surface area contributed by atoms with Crippen molar-refractivity contribution < 1.29 is 23.3 Å². The second kappa shape index (κ2) is 9.82. The number of aryl methyl sites for hydroxylation is 1. The van der Waals surface area contributed by atoms with Crippen LogP contribution in [-0.2, 0) is 4.79 Å². The van der Waals surface area contributed by atoms with E-state index >= 15 is 0 Å². The van der Waals surface area contributed by atoms with E-state index in [1.54, 1.807) is 56.5 Å². The number of nitrogens with zero attached hydrogens (tertiary/aromatic N) is 2. The Morgan fingerprint density at radius 1 is 1.03 bits per heavy atom. The number of nitro groups is 1. The fourth-order valence-corrected chi connectivity index (χ4v) is 3.79. The third-order valence-electron chi connectivity index (χ3n) is 5.63. The Morgan fingerprint density at radius 2 is 1.84 bits per heavy atom. The van der Waals surface area contributed by atoms with E-state index < -0.39 is 4.92 Å². The molecule has 184 valence electrons. The minimum Gasteiger partial charge on any atom is -0.497 e. The van der Waals surface area contributed by atoms with Crippen LogP contribution in [0.1, 0.15) is 11.3 Å². The van der Waals surface area contributed by atoms with Gasteiger partial charge in [-0.15, -0.1) is 0 Å². The van der Waals surface area contributed by atoms with Crippen LogP contribution in [0.2, 0.25) is 0 Å². The lowest BCUT2D eigenvalue weighted by Crippen LogP contribution is -2.07. The molecule has 0 aliphatic rings. The van der Waals surface area contributed by atoms with Gasteiger partial charge in [0.25, 0.3) is 5.69 Å². The monoisotopic (exact) mass is 495 g/mol. The minimum absolute atomic E-state index is 0.0407. The fourth-order valence-electron chi connectivity index (χ4n) is 3.79. The van der Waals surface area contributed by atoms with Gasteiger partial charge < -0.3 is 18.9 Å². The van der Waals surface area contributed by atoms with Gasteiger partial charge in [0.2, 0.25) is 11.8 Å². The summed E-state index contributed by atoms with van der Waals surface area (Å²) in [5.74, 6) is 1.55. The molecule has 0 bridgehead atoms. The molecule has 0 spiro atoms. The van der Waals surface area contributed by atoms with Crippen molar-refractivity contribution in [2.45, 2.75) is 6.92 Å². The number of carbonyl (C=O) groups is 1. The lowest BCUT2D eigenvalue weighted by molar-refractivity contribution is -0.384. The Kier molecular flexibility index (Phi) is 6.25. The molecular formula is C28H21N3O6. The summed E-state index contributed by atoms with van der Waals surface area (Å²) in [5, 5.41) is 14.2. The summed E-state index contributed by atoms with van der Waals surface area (Å²) >= 11 is 0. The lowest BCUT2D eigenvalue weighted by Gasteiger charge is -2.01. The largest absolute Gasteiger partial charge is 0.497 e. The molecule has 37 heavy (non-hydrogen) atoms. The summed E-state index contributed by atoms with van der Waals surface area (Å²) < 4.78 is 16.7. The van der Waals surface area contributed by atoms with Gasteiger partial charge >= 0.3 is 0 Å². The van der Waals surface area contributed by atoms with Crippen LogP contribution in [0.4, 0.5) is 11.4 Å². The highest BCUT2D eigenvalue weighted by Crippen LogP contribution is 2.32. The van der Waals surface area contributed by atoms with Crippen LogP contribution in [0.5, 0.6) is 5.75 Å². The molecule has 3 aromatic carbocycles. The first kappa shape index (κ1) is 23.6. The highest BCUT2D eigenvalue weighted by Gasteiger charge is 2.18. The Hall–Kier alpha value is -5.18. The molecule has 9 nitrogen and oxygen atoms in total. The number of hydrogen-bond donors (Lipinski definition) is 1. The number of nitro benzene ring substituents is 1. The number of rotatable bonds is 7. The molecule has 0 unspecified atom stereocenters. The van der Waals surface area contributed by atoms with Crippen LogP contribution in [0.25, 0.3) is 40.0 Å². The second-order valence-electron chi connectivity index (χ2n) is 8.23. The van der Waals surface area contributed by atoms with Gasteiger partial charge in [-0.25, -0.2) is 4.98 Å². The van der Waals surface area contributed by atoms with Gasteiger partial charge in [-0.05, 0) is 79.2 Å². The van der Waals surface area contributed by atoms with Crippen molar-refractivity contribution in [1.82, 2.24) is 4.98 Å². The summed E-state index contributed by atoms with van der Waals surface area (Å²) in [6.07, 6.45) is 2.82. The van der Waals surface area contributed by atoms with E-state index in [0.29, 0.717) is 39.8 Å². The Balaban J connectivity index is 1.28. The number of anilines is 1. The Labute approximate surface area is 211 Å². The molecule has 2 heterocycles. The van der Waals surface area contributed by atoms with Gasteiger partial charge in [-0.2, -0.15) is 0 Å². The van der Waals surface area contributed by atoms with Crippen LogP contribution in [0.15, 0.2) is 87.7 Å². The third kappa shape index (κ3) is 5.10. The molecule has 0 fully saturated rings. The van der Waals surface area contributed by atoms with Gasteiger partial charge in [0.1, 0.15) is 22.8 Å². The molecular weight excluding hydrogens is 474 g/mol. The van der Waals surface area contributed by atoms with Crippen LogP contribution in [0.3, 0.4) is 0 Å². The van der Waals surface area contributed by atoms with Crippen molar-refractivity contribution in [2.24, 2.45) is 0 Å². The van der Waals surface area contributed by atoms with E-state index in [1.807, 2.05) is 24.3 Å². The predicted molar refractivity (Wildman–Crippen MR) is 139 cm³/mol. The first-order valence-electron chi connectivity index (χ1n) is 11.3. The number of oxazole rings is 1. The molecule has 0 atom stereocenters. The van der Waals surface area contributed by atoms with Crippen molar-refractivity contribution in [2.75, 3.05) is 12.4 Å². The van der Waals surface area contributed by atoms with E-state index in [2.05, 4.69) is 10.3 Å². The van der Waals surface area contributed by atoms with E-state index in [0.717, 1.165) is 16.9 Å². The molecule has 0 saturated heterocycles. The standard InChI is InChI=1S/C28H21N3O6/c1-17-3-11-22(24(15-17)31(33)34)25-13-9-21(36-25)10-14-27(32)29-19-6-12-26-23(16-19)30-28(37-26)18-4-7-20(35-2)8-5-18/h3-16H,1-2H3,(H,29,32)/b14-10+. The average molecular weight is 495 g/mol. The summed E-state index contributed by atoms with van der Waals surface area (Å²) in [6.45, 7) is 1.78. The summed E-state index contributed by atoms with van der Waals surface area (Å²) in [4.78, 5) is 28.0. The number of ether oxygens (including phenoxy) is 1. The summed E-state index contributed by atoms with van der Waals surface area (Å²) in [5.41, 5.74) is 3.65. The topological polar surface area (TPSA) is 121 Å². The number of nitrogens with one attached hydrogen (secondary N) is 1. The van der Waals surface area contributed by atoms with Gasteiger partial charge in [0, 0.05) is 23.4 Å². The highest BCUT2D eigenvalue weighted by molar-refractivity contribution is 6.02. The maximum atomic E-state index is 12.5. The summed E-state index contributed by atoms with van der Waals surface area (Å²) in [6, 6.07) is 20.7. The smallest absolute Gasteiger partial charge is 0.280 e. The summed E-state index contributed by atoms with van der Waals surface area (Å²) in [7, 11) is 1.60. The fraction of sp³-hybridized carbons (Fsp3) is 0.0714. The van der Waals surface area contributed by atoms with Crippen LogP contribution < -0.4 is 10.1 Å². The zero-order valence-corrected chi connectivity index (χ0v) is 19.9. The van der Waals surface area contributed by atoms with Crippen molar-refractivity contribution in [3.05, 3.63) is 100 Å². The number of hydrogen-bond acceptors (Lipinski definition) is 7. The maximum absolute atomic E-state index is 12.5. The number of fused-ring (bicyclic) bond motifs is 1. The minimum atomic E-state index is -0.445. The zero-order chi connectivity index (χ0) is 25.9. The second-order valence-corrected chi connectivity index (χ2v) is 8.23. The normalized spacial score (nSPS) is 11.2. The van der Waals surface area contributed by atoms with Crippen molar-refractivity contribution in [1.29, 1.82) is 0 Å². The zero-order valence-electron chi connectivity index (χ0n) is 19.9. The number of carbonyl (C=O) groups excluding carboxylic acids is 1. The van der Waals surface area contributed by atoms with E-state index in [4.69, 9.17) is 13.6 Å². The maximum Gasteiger partial charge on any atom is 0.280 e. The van der Waals surface area contributed by atoms with Crippen LogP contribution in [0, 0.1) is 17.0 Å². The number of furan rings is 1. The predicted octanol–water partition coefficient (Wildman–Crippen LogP) is 6.63. The Bertz CT molecular complexity index is 1650. The number of aromatic nitrogens is 1. The van der Waals surface area contributed by atoms with Crippen molar-refractivity contribution in [3.63, 3.8) is 0 Å².